The third-order valence-electron chi connectivity index (χ3n) is 2.82. The first-order valence-corrected chi connectivity index (χ1v) is 6.44. The van der Waals surface area contributed by atoms with E-state index in [0.717, 1.165) is 11.4 Å². The lowest BCUT2D eigenvalue weighted by Crippen LogP contribution is -2.07. The van der Waals surface area contributed by atoms with Gasteiger partial charge in [0.05, 0.1) is 21.8 Å². The van der Waals surface area contributed by atoms with Gasteiger partial charge in [0.1, 0.15) is 0 Å². The van der Waals surface area contributed by atoms with E-state index in [-0.39, 0.29) is 6.04 Å². The first kappa shape index (κ1) is 13.2. The zero-order valence-corrected chi connectivity index (χ0v) is 12.0. The fourth-order valence-corrected chi connectivity index (χ4v) is 2.25. The standard InChI is InChI=1S/C13H15Cl2N3/c1-8(11-7-18(3)17-9(11)2)16-10-4-5-12(14)13(15)6-10/h4-8,16H,1-3H3. The Bertz CT molecular complexity index is 563. The molecule has 0 aliphatic heterocycles. The highest BCUT2D eigenvalue weighted by molar-refractivity contribution is 6.42. The Morgan fingerprint density at radius 3 is 2.56 bits per heavy atom. The summed E-state index contributed by atoms with van der Waals surface area (Å²) in [6.07, 6.45) is 2.02. The molecule has 96 valence electrons. The van der Waals surface area contributed by atoms with Gasteiger partial charge in [-0.15, -0.1) is 0 Å². The molecular weight excluding hydrogens is 269 g/mol. The van der Waals surface area contributed by atoms with E-state index < -0.39 is 0 Å². The van der Waals surface area contributed by atoms with Crippen molar-refractivity contribution in [3.05, 3.63) is 45.7 Å². The quantitative estimate of drug-likeness (QED) is 0.915. The molecule has 0 radical (unpaired) electrons. The lowest BCUT2D eigenvalue weighted by Gasteiger charge is -2.15. The van der Waals surface area contributed by atoms with Crippen molar-refractivity contribution in [1.82, 2.24) is 9.78 Å². The van der Waals surface area contributed by atoms with E-state index in [9.17, 15) is 0 Å². The number of nitrogens with zero attached hydrogens (tertiary/aromatic N) is 2. The molecule has 1 heterocycles. The van der Waals surface area contributed by atoms with Crippen LogP contribution in [0.3, 0.4) is 0 Å². The second-order valence-electron chi connectivity index (χ2n) is 4.34. The molecule has 0 saturated carbocycles. The molecule has 0 spiro atoms. The first-order chi connectivity index (χ1) is 8.47. The number of halogens is 2. The van der Waals surface area contributed by atoms with Crippen molar-refractivity contribution in [2.75, 3.05) is 5.32 Å². The number of aryl methyl sites for hydroxylation is 2. The Labute approximate surface area is 117 Å². The maximum Gasteiger partial charge on any atom is 0.0646 e. The summed E-state index contributed by atoms with van der Waals surface area (Å²) in [7, 11) is 1.92. The van der Waals surface area contributed by atoms with E-state index in [1.165, 1.54) is 5.56 Å². The smallest absolute Gasteiger partial charge is 0.0646 e. The zero-order valence-electron chi connectivity index (χ0n) is 10.5. The fourth-order valence-electron chi connectivity index (χ4n) is 1.96. The number of aromatic nitrogens is 2. The van der Waals surface area contributed by atoms with E-state index in [0.29, 0.717) is 10.0 Å². The summed E-state index contributed by atoms with van der Waals surface area (Å²) in [5.74, 6) is 0. The summed E-state index contributed by atoms with van der Waals surface area (Å²) in [6, 6.07) is 5.69. The molecule has 5 heteroatoms. The monoisotopic (exact) mass is 283 g/mol. The second-order valence-corrected chi connectivity index (χ2v) is 5.15. The Kier molecular flexibility index (Phi) is 3.83. The zero-order chi connectivity index (χ0) is 13.3. The lowest BCUT2D eigenvalue weighted by atomic mass is 10.1. The molecule has 3 nitrogen and oxygen atoms in total. The Balaban J connectivity index is 2.18. The van der Waals surface area contributed by atoms with Gasteiger partial charge < -0.3 is 5.32 Å². The Morgan fingerprint density at radius 1 is 1.28 bits per heavy atom. The number of hydrogen-bond acceptors (Lipinski definition) is 2. The van der Waals surface area contributed by atoms with Gasteiger partial charge in [0, 0.05) is 24.5 Å². The molecule has 0 amide bonds. The highest BCUT2D eigenvalue weighted by Crippen LogP contribution is 2.27. The summed E-state index contributed by atoms with van der Waals surface area (Å²) >= 11 is 11.9. The first-order valence-electron chi connectivity index (χ1n) is 5.69. The van der Waals surface area contributed by atoms with Crippen molar-refractivity contribution in [3.63, 3.8) is 0 Å². The fraction of sp³-hybridized carbons (Fsp3) is 0.308. The summed E-state index contributed by atoms with van der Waals surface area (Å²) in [4.78, 5) is 0. The Morgan fingerprint density at radius 2 is 2.00 bits per heavy atom. The predicted molar refractivity (Wildman–Crippen MR) is 76.4 cm³/mol. The maximum atomic E-state index is 5.99. The number of nitrogens with one attached hydrogen (secondary N) is 1. The predicted octanol–water partition coefficient (Wildman–Crippen LogP) is 4.21. The van der Waals surface area contributed by atoms with Gasteiger partial charge in [-0.05, 0) is 32.0 Å². The van der Waals surface area contributed by atoms with Crippen molar-refractivity contribution < 1.29 is 0 Å². The van der Waals surface area contributed by atoms with Gasteiger partial charge in [-0.1, -0.05) is 23.2 Å². The SMILES string of the molecule is Cc1nn(C)cc1C(C)Nc1ccc(Cl)c(Cl)c1. The average Bonchev–Trinajstić information content (AvgIpc) is 2.63. The van der Waals surface area contributed by atoms with Crippen LogP contribution in [-0.2, 0) is 7.05 Å². The van der Waals surface area contributed by atoms with Crippen molar-refractivity contribution in [1.29, 1.82) is 0 Å². The molecule has 0 bridgehead atoms. The lowest BCUT2D eigenvalue weighted by molar-refractivity contribution is 0.756. The molecule has 1 N–H and O–H groups in total. The van der Waals surface area contributed by atoms with Crippen molar-refractivity contribution in [3.8, 4) is 0 Å². The molecule has 18 heavy (non-hydrogen) atoms. The van der Waals surface area contributed by atoms with Gasteiger partial charge in [0.25, 0.3) is 0 Å². The molecule has 0 aliphatic rings. The van der Waals surface area contributed by atoms with Crippen LogP contribution in [0.2, 0.25) is 10.0 Å². The number of benzene rings is 1. The molecule has 0 fully saturated rings. The number of rotatable bonds is 3. The number of hydrogen-bond donors (Lipinski definition) is 1. The van der Waals surface area contributed by atoms with Gasteiger partial charge in [-0.2, -0.15) is 5.10 Å². The highest BCUT2D eigenvalue weighted by atomic mass is 35.5. The topological polar surface area (TPSA) is 29.9 Å². The average molecular weight is 284 g/mol. The van der Waals surface area contributed by atoms with Crippen molar-refractivity contribution >= 4 is 28.9 Å². The van der Waals surface area contributed by atoms with Gasteiger partial charge in [-0.25, -0.2) is 0 Å². The van der Waals surface area contributed by atoms with E-state index >= 15 is 0 Å². The minimum absolute atomic E-state index is 0.163. The van der Waals surface area contributed by atoms with Gasteiger partial charge in [0.2, 0.25) is 0 Å². The number of anilines is 1. The van der Waals surface area contributed by atoms with Gasteiger partial charge >= 0.3 is 0 Å². The third kappa shape index (κ3) is 2.79. The summed E-state index contributed by atoms with van der Waals surface area (Å²) in [5.41, 5.74) is 3.14. The summed E-state index contributed by atoms with van der Waals surface area (Å²) < 4.78 is 1.82. The van der Waals surface area contributed by atoms with Crippen LogP contribution in [0, 0.1) is 6.92 Å². The van der Waals surface area contributed by atoms with Crippen molar-refractivity contribution in [2.24, 2.45) is 7.05 Å². The van der Waals surface area contributed by atoms with Crippen molar-refractivity contribution in [2.45, 2.75) is 19.9 Å². The largest absolute Gasteiger partial charge is 0.378 e. The van der Waals surface area contributed by atoms with Crippen LogP contribution in [0.1, 0.15) is 24.2 Å². The van der Waals surface area contributed by atoms with E-state index in [2.05, 4.69) is 17.3 Å². The van der Waals surface area contributed by atoms with Crippen LogP contribution in [0.5, 0.6) is 0 Å². The summed E-state index contributed by atoms with van der Waals surface area (Å²) in [5, 5.41) is 8.83. The van der Waals surface area contributed by atoms with Crippen LogP contribution in [0.4, 0.5) is 5.69 Å². The second kappa shape index (κ2) is 5.21. The molecule has 1 atom stereocenters. The molecule has 1 aromatic carbocycles. The van der Waals surface area contributed by atoms with Gasteiger partial charge in [-0.3, -0.25) is 4.68 Å². The van der Waals surface area contributed by atoms with Crippen LogP contribution in [0.15, 0.2) is 24.4 Å². The molecular formula is C13H15Cl2N3. The minimum Gasteiger partial charge on any atom is -0.378 e. The van der Waals surface area contributed by atoms with Gasteiger partial charge in [0.15, 0.2) is 0 Å². The maximum absolute atomic E-state index is 5.99. The van der Waals surface area contributed by atoms with E-state index in [1.807, 2.05) is 37.0 Å². The van der Waals surface area contributed by atoms with E-state index in [1.54, 1.807) is 6.07 Å². The molecule has 2 rings (SSSR count). The van der Waals surface area contributed by atoms with E-state index in [4.69, 9.17) is 23.2 Å². The molecule has 0 aliphatic carbocycles. The summed E-state index contributed by atoms with van der Waals surface area (Å²) in [6.45, 7) is 4.09. The van der Waals surface area contributed by atoms with Crippen LogP contribution in [-0.4, -0.2) is 9.78 Å². The normalized spacial score (nSPS) is 12.5. The molecule has 2 aromatic rings. The third-order valence-corrected chi connectivity index (χ3v) is 3.56. The van der Waals surface area contributed by atoms with Crippen LogP contribution in [0.25, 0.3) is 0 Å². The van der Waals surface area contributed by atoms with Crippen LogP contribution < -0.4 is 5.32 Å². The molecule has 0 saturated heterocycles. The Hall–Kier alpha value is -1.19. The molecule has 1 aromatic heterocycles. The highest BCUT2D eigenvalue weighted by Gasteiger charge is 2.12. The molecule has 1 unspecified atom stereocenters. The minimum atomic E-state index is 0.163. The van der Waals surface area contributed by atoms with Crippen LogP contribution >= 0.6 is 23.2 Å².